The maximum atomic E-state index is 10.3. The zero-order valence-electron chi connectivity index (χ0n) is 7.83. The topological polar surface area (TPSA) is 32.3 Å². The highest BCUT2D eigenvalue weighted by molar-refractivity contribution is 5.27. The first-order valence-electron chi connectivity index (χ1n) is 4.72. The minimum absolute atomic E-state index is 0.217. The van der Waals surface area contributed by atoms with Crippen LogP contribution in [0.2, 0.25) is 0 Å². The molecule has 1 saturated carbocycles. The Kier molecular flexibility index (Phi) is 2.10. The van der Waals surface area contributed by atoms with Crippen molar-refractivity contribution in [1.29, 1.82) is 0 Å². The van der Waals surface area contributed by atoms with E-state index in [1.54, 1.807) is 0 Å². The second-order valence-corrected chi connectivity index (χ2v) is 3.67. The maximum Gasteiger partial charge on any atom is 0.105 e. The first kappa shape index (κ1) is 8.73. The molecule has 0 heterocycles. The highest BCUT2D eigenvalue weighted by atomic mass is 16.3. The Labute approximate surface area is 78.6 Å². The van der Waals surface area contributed by atoms with Gasteiger partial charge >= 0.3 is 0 Å². The molecular weight excluding hydrogens is 162 g/mol. The molecule has 0 aromatic heterocycles. The van der Waals surface area contributed by atoms with E-state index in [2.05, 4.69) is 5.32 Å². The van der Waals surface area contributed by atoms with Crippen LogP contribution in [-0.4, -0.2) is 18.2 Å². The van der Waals surface area contributed by atoms with E-state index in [0.29, 0.717) is 0 Å². The van der Waals surface area contributed by atoms with Gasteiger partial charge < -0.3 is 10.4 Å². The van der Waals surface area contributed by atoms with Crippen molar-refractivity contribution in [3.8, 4) is 0 Å². The van der Waals surface area contributed by atoms with Crippen molar-refractivity contribution in [2.24, 2.45) is 0 Å². The molecule has 0 radical (unpaired) electrons. The van der Waals surface area contributed by atoms with Crippen LogP contribution in [0.1, 0.15) is 18.4 Å². The van der Waals surface area contributed by atoms with E-state index in [-0.39, 0.29) is 6.04 Å². The zero-order valence-corrected chi connectivity index (χ0v) is 7.83. The van der Waals surface area contributed by atoms with Gasteiger partial charge in [-0.25, -0.2) is 0 Å². The fourth-order valence-electron chi connectivity index (χ4n) is 2.02. The molecule has 2 nitrogen and oxygen atoms in total. The van der Waals surface area contributed by atoms with Crippen molar-refractivity contribution in [3.05, 3.63) is 35.9 Å². The van der Waals surface area contributed by atoms with Crippen LogP contribution in [0.25, 0.3) is 0 Å². The van der Waals surface area contributed by atoms with E-state index < -0.39 is 5.60 Å². The lowest BCUT2D eigenvalue weighted by Crippen LogP contribution is -2.55. The minimum Gasteiger partial charge on any atom is -0.384 e. The quantitative estimate of drug-likeness (QED) is 0.712. The second kappa shape index (κ2) is 3.13. The minimum atomic E-state index is -0.629. The van der Waals surface area contributed by atoms with Crippen molar-refractivity contribution in [3.63, 3.8) is 0 Å². The predicted molar refractivity (Wildman–Crippen MR) is 52.4 cm³/mol. The van der Waals surface area contributed by atoms with Crippen molar-refractivity contribution in [1.82, 2.24) is 5.32 Å². The Morgan fingerprint density at radius 3 is 2.54 bits per heavy atom. The lowest BCUT2D eigenvalue weighted by molar-refractivity contribution is -0.0722. The molecule has 0 bridgehead atoms. The van der Waals surface area contributed by atoms with Crippen molar-refractivity contribution < 1.29 is 5.11 Å². The van der Waals surface area contributed by atoms with E-state index in [4.69, 9.17) is 0 Å². The SMILES string of the molecule is CN[C@H]1CC[C@]1(O)c1ccccc1. The van der Waals surface area contributed by atoms with Gasteiger partial charge in [0.15, 0.2) is 0 Å². The Hall–Kier alpha value is -0.860. The fraction of sp³-hybridized carbons (Fsp3) is 0.455. The fourth-order valence-corrected chi connectivity index (χ4v) is 2.02. The number of likely N-dealkylation sites (N-methyl/N-ethyl adjacent to an activating group) is 1. The average molecular weight is 177 g/mol. The van der Waals surface area contributed by atoms with Crippen molar-refractivity contribution >= 4 is 0 Å². The molecule has 0 aliphatic heterocycles. The molecule has 1 aromatic rings. The summed E-state index contributed by atoms with van der Waals surface area (Å²) in [7, 11) is 1.90. The van der Waals surface area contributed by atoms with Crippen LogP contribution in [-0.2, 0) is 5.60 Å². The molecule has 70 valence electrons. The van der Waals surface area contributed by atoms with Gasteiger partial charge in [0, 0.05) is 6.04 Å². The molecule has 2 heteroatoms. The van der Waals surface area contributed by atoms with Gasteiger partial charge in [0.25, 0.3) is 0 Å². The number of aliphatic hydroxyl groups is 1. The van der Waals surface area contributed by atoms with Gasteiger partial charge in [0.1, 0.15) is 5.60 Å². The van der Waals surface area contributed by atoms with Gasteiger partial charge in [0.2, 0.25) is 0 Å². The first-order valence-corrected chi connectivity index (χ1v) is 4.72. The Morgan fingerprint density at radius 1 is 1.38 bits per heavy atom. The molecule has 0 spiro atoms. The van der Waals surface area contributed by atoms with Crippen LogP contribution in [0.5, 0.6) is 0 Å². The van der Waals surface area contributed by atoms with Crippen LogP contribution in [0.4, 0.5) is 0 Å². The summed E-state index contributed by atoms with van der Waals surface area (Å²) in [4.78, 5) is 0. The molecule has 2 atom stereocenters. The molecule has 1 aliphatic carbocycles. The number of nitrogens with one attached hydrogen (secondary N) is 1. The monoisotopic (exact) mass is 177 g/mol. The van der Waals surface area contributed by atoms with Crippen LogP contribution in [0.3, 0.4) is 0 Å². The molecule has 0 amide bonds. The molecule has 2 N–H and O–H groups in total. The Bertz CT molecular complexity index is 283. The summed E-state index contributed by atoms with van der Waals surface area (Å²) in [6.45, 7) is 0. The van der Waals surface area contributed by atoms with E-state index >= 15 is 0 Å². The smallest absolute Gasteiger partial charge is 0.105 e. The number of hydrogen-bond acceptors (Lipinski definition) is 2. The average Bonchev–Trinajstić information content (AvgIpc) is 2.17. The number of hydrogen-bond donors (Lipinski definition) is 2. The van der Waals surface area contributed by atoms with Gasteiger partial charge in [-0.15, -0.1) is 0 Å². The van der Waals surface area contributed by atoms with E-state index in [9.17, 15) is 5.11 Å². The van der Waals surface area contributed by atoms with Gasteiger partial charge in [-0.3, -0.25) is 0 Å². The summed E-state index contributed by atoms with van der Waals surface area (Å²) < 4.78 is 0. The van der Waals surface area contributed by atoms with Gasteiger partial charge in [-0.1, -0.05) is 30.3 Å². The predicted octanol–water partition coefficient (Wildman–Crippen LogP) is 1.26. The lowest BCUT2D eigenvalue weighted by atomic mass is 9.70. The summed E-state index contributed by atoms with van der Waals surface area (Å²) in [6.07, 6.45) is 1.92. The molecule has 0 saturated heterocycles. The van der Waals surface area contributed by atoms with Crippen LogP contribution < -0.4 is 5.32 Å². The molecule has 2 rings (SSSR count). The molecule has 13 heavy (non-hydrogen) atoms. The summed E-state index contributed by atoms with van der Waals surface area (Å²) in [5, 5.41) is 13.4. The van der Waals surface area contributed by atoms with Crippen LogP contribution in [0.15, 0.2) is 30.3 Å². The normalized spacial score (nSPS) is 32.6. The Morgan fingerprint density at radius 2 is 2.08 bits per heavy atom. The van der Waals surface area contributed by atoms with Gasteiger partial charge in [-0.05, 0) is 25.5 Å². The second-order valence-electron chi connectivity index (χ2n) is 3.67. The Balaban J connectivity index is 2.26. The zero-order chi connectivity index (χ0) is 9.31. The number of rotatable bonds is 2. The van der Waals surface area contributed by atoms with E-state index in [1.165, 1.54) is 0 Å². The van der Waals surface area contributed by atoms with Gasteiger partial charge in [-0.2, -0.15) is 0 Å². The third-order valence-corrected chi connectivity index (χ3v) is 3.01. The van der Waals surface area contributed by atoms with Crippen molar-refractivity contribution in [2.75, 3.05) is 7.05 Å². The molecular formula is C11H15NO. The third-order valence-electron chi connectivity index (χ3n) is 3.01. The molecule has 1 fully saturated rings. The third kappa shape index (κ3) is 1.26. The van der Waals surface area contributed by atoms with E-state index in [1.807, 2.05) is 37.4 Å². The molecule has 0 unspecified atom stereocenters. The van der Waals surface area contributed by atoms with Crippen molar-refractivity contribution in [2.45, 2.75) is 24.5 Å². The molecule has 1 aromatic carbocycles. The summed E-state index contributed by atoms with van der Waals surface area (Å²) in [5.74, 6) is 0. The number of benzene rings is 1. The van der Waals surface area contributed by atoms with E-state index in [0.717, 1.165) is 18.4 Å². The highest BCUT2D eigenvalue weighted by Gasteiger charge is 2.45. The molecule has 1 aliphatic rings. The van der Waals surface area contributed by atoms with Crippen LogP contribution in [0, 0.1) is 0 Å². The maximum absolute atomic E-state index is 10.3. The summed E-state index contributed by atoms with van der Waals surface area (Å²) >= 11 is 0. The lowest BCUT2D eigenvalue weighted by Gasteiger charge is -2.45. The van der Waals surface area contributed by atoms with Gasteiger partial charge in [0.05, 0.1) is 0 Å². The highest BCUT2D eigenvalue weighted by Crippen LogP contribution is 2.40. The summed E-state index contributed by atoms with van der Waals surface area (Å²) in [6, 6.07) is 10.1. The standard InChI is InChI=1S/C11H15NO/c1-12-10-7-8-11(10,13)9-5-3-2-4-6-9/h2-6,10,12-13H,7-8H2,1H3/t10-,11-/m0/s1. The van der Waals surface area contributed by atoms with Crippen LogP contribution >= 0.6 is 0 Å². The largest absolute Gasteiger partial charge is 0.384 e. The summed E-state index contributed by atoms with van der Waals surface area (Å²) in [5.41, 5.74) is 0.399. The first-order chi connectivity index (χ1) is 6.27.